The minimum atomic E-state index is -0.223. The summed E-state index contributed by atoms with van der Waals surface area (Å²) in [6, 6.07) is 0.323. The molecule has 1 unspecified atom stereocenters. The monoisotopic (exact) mass is 228 g/mol. The molecule has 1 fully saturated rings. The Morgan fingerprint density at radius 2 is 2.00 bits per heavy atom. The molecule has 0 bridgehead atoms. The number of nitrogens with one attached hydrogen (secondary N) is 1. The zero-order valence-electron chi connectivity index (χ0n) is 9.99. The van der Waals surface area contributed by atoms with Gasteiger partial charge in [0.05, 0.1) is 0 Å². The Kier molecular flexibility index (Phi) is 5.42. The van der Waals surface area contributed by atoms with Crippen LogP contribution < -0.4 is 5.32 Å². The number of rotatable bonds is 6. The van der Waals surface area contributed by atoms with Gasteiger partial charge in [0.15, 0.2) is 0 Å². The third kappa shape index (κ3) is 3.90. The van der Waals surface area contributed by atoms with Crippen molar-refractivity contribution in [2.45, 2.75) is 32.7 Å². The molecule has 0 aromatic carbocycles. The molecule has 0 saturated carbocycles. The lowest BCUT2D eigenvalue weighted by Crippen LogP contribution is -2.47. The van der Waals surface area contributed by atoms with Crippen LogP contribution in [0.1, 0.15) is 26.7 Å². The summed E-state index contributed by atoms with van der Waals surface area (Å²) in [6.07, 6.45) is 1.87. The highest BCUT2D eigenvalue weighted by atomic mass is 16.5. The summed E-state index contributed by atoms with van der Waals surface area (Å²) < 4.78 is 4.84. The van der Waals surface area contributed by atoms with Gasteiger partial charge in [0.25, 0.3) is 11.8 Å². The summed E-state index contributed by atoms with van der Waals surface area (Å²) in [6.45, 7) is 5.68. The maximum absolute atomic E-state index is 11.4. The molecule has 0 aromatic rings. The van der Waals surface area contributed by atoms with Gasteiger partial charge in [-0.2, -0.15) is 0 Å². The third-order valence-corrected chi connectivity index (χ3v) is 2.58. The van der Waals surface area contributed by atoms with Crippen LogP contribution >= 0.6 is 0 Å². The van der Waals surface area contributed by atoms with E-state index in [1.54, 1.807) is 0 Å². The van der Waals surface area contributed by atoms with E-state index < -0.39 is 0 Å². The highest BCUT2D eigenvalue weighted by Crippen LogP contribution is 2.03. The first-order chi connectivity index (χ1) is 7.65. The molecule has 1 heterocycles. The van der Waals surface area contributed by atoms with Gasteiger partial charge in [-0.05, 0) is 26.3 Å². The second-order valence-electron chi connectivity index (χ2n) is 4.08. The molecule has 5 heteroatoms. The number of hydrogen-bond acceptors (Lipinski definition) is 4. The second-order valence-corrected chi connectivity index (χ2v) is 4.08. The predicted molar refractivity (Wildman–Crippen MR) is 59.9 cm³/mol. The van der Waals surface area contributed by atoms with E-state index in [9.17, 15) is 9.59 Å². The molecule has 1 aliphatic heterocycles. The number of amides is 2. The lowest BCUT2D eigenvalue weighted by atomic mass is 10.2. The van der Waals surface area contributed by atoms with Gasteiger partial charge in [-0.25, -0.2) is 0 Å². The van der Waals surface area contributed by atoms with Gasteiger partial charge in [0.1, 0.15) is 13.2 Å². The van der Waals surface area contributed by atoms with Crippen molar-refractivity contribution in [3.63, 3.8) is 0 Å². The molecule has 5 nitrogen and oxygen atoms in total. The number of carbonyl (C=O) groups excluding carboxylic acids is 2. The zero-order chi connectivity index (χ0) is 12.0. The largest absolute Gasteiger partial charge is 0.362 e. The summed E-state index contributed by atoms with van der Waals surface area (Å²) in [5.74, 6) is -0.446. The van der Waals surface area contributed by atoms with Crippen molar-refractivity contribution in [1.29, 1.82) is 0 Å². The minimum absolute atomic E-state index is 0.0303. The summed E-state index contributed by atoms with van der Waals surface area (Å²) >= 11 is 0. The van der Waals surface area contributed by atoms with Crippen molar-refractivity contribution in [3.8, 4) is 0 Å². The van der Waals surface area contributed by atoms with Gasteiger partial charge in [-0.3, -0.25) is 14.5 Å². The second kappa shape index (κ2) is 6.60. The molecule has 0 aromatic heterocycles. The molecular formula is C11H20N2O3. The van der Waals surface area contributed by atoms with Gasteiger partial charge in [0, 0.05) is 12.6 Å². The van der Waals surface area contributed by atoms with E-state index >= 15 is 0 Å². The molecule has 92 valence electrons. The number of carbonyl (C=O) groups is 2. The Hall–Kier alpha value is -0.940. The number of morpholine rings is 1. The van der Waals surface area contributed by atoms with Crippen LogP contribution in [-0.2, 0) is 14.3 Å². The normalized spacial score (nSPS) is 19.0. The average molecular weight is 228 g/mol. The standard InChI is InChI=1S/C11H20N2O3/c1-3-5-12-9(2)4-6-13-10(14)7-16-8-11(13)15/h9,12H,3-8H2,1-2H3. The Morgan fingerprint density at radius 1 is 1.38 bits per heavy atom. The topological polar surface area (TPSA) is 58.6 Å². The molecule has 2 amide bonds. The summed E-state index contributed by atoms with van der Waals surface area (Å²) in [4.78, 5) is 24.1. The molecule has 0 spiro atoms. The van der Waals surface area contributed by atoms with Crippen molar-refractivity contribution in [1.82, 2.24) is 10.2 Å². The molecule has 1 N–H and O–H groups in total. The number of hydrogen-bond donors (Lipinski definition) is 1. The third-order valence-electron chi connectivity index (χ3n) is 2.58. The van der Waals surface area contributed by atoms with E-state index in [2.05, 4.69) is 19.2 Å². The molecule has 1 aliphatic rings. The van der Waals surface area contributed by atoms with Crippen LogP contribution in [0.15, 0.2) is 0 Å². The molecule has 16 heavy (non-hydrogen) atoms. The zero-order valence-corrected chi connectivity index (χ0v) is 9.99. The van der Waals surface area contributed by atoms with Gasteiger partial charge < -0.3 is 10.1 Å². The molecule has 0 radical (unpaired) electrons. The molecule has 0 aliphatic carbocycles. The van der Waals surface area contributed by atoms with Crippen LogP contribution in [0.4, 0.5) is 0 Å². The van der Waals surface area contributed by atoms with E-state index in [4.69, 9.17) is 4.74 Å². The summed E-state index contributed by atoms with van der Waals surface area (Å²) in [5.41, 5.74) is 0. The summed E-state index contributed by atoms with van der Waals surface area (Å²) in [5, 5.41) is 3.32. The van der Waals surface area contributed by atoms with Gasteiger partial charge >= 0.3 is 0 Å². The van der Waals surface area contributed by atoms with E-state index in [1.807, 2.05) is 0 Å². The highest BCUT2D eigenvalue weighted by Gasteiger charge is 2.26. The van der Waals surface area contributed by atoms with Crippen LogP contribution in [0.2, 0.25) is 0 Å². The van der Waals surface area contributed by atoms with E-state index in [1.165, 1.54) is 4.90 Å². The quantitative estimate of drug-likeness (QED) is 0.657. The Bertz CT molecular complexity index is 240. The smallest absolute Gasteiger partial charge is 0.255 e. The maximum Gasteiger partial charge on any atom is 0.255 e. The maximum atomic E-state index is 11.4. The van der Waals surface area contributed by atoms with Crippen molar-refractivity contribution in [3.05, 3.63) is 0 Å². The lowest BCUT2D eigenvalue weighted by molar-refractivity contribution is -0.158. The van der Waals surface area contributed by atoms with Crippen LogP contribution in [0.5, 0.6) is 0 Å². The van der Waals surface area contributed by atoms with Crippen LogP contribution in [0, 0.1) is 0 Å². The van der Waals surface area contributed by atoms with Crippen molar-refractivity contribution < 1.29 is 14.3 Å². The molecule has 1 saturated heterocycles. The van der Waals surface area contributed by atoms with E-state index in [0.717, 1.165) is 19.4 Å². The van der Waals surface area contributed by atoms with Crippen molar-refractivity contribution in [2.24, 2.45) is 0 Å². The minimum Gasteiger partial charge on any atom is -0.362 e. The van der Waals surface area contributed by atoms with Gasteiger partial charge in [-0.15, -0.1) is 0 Å². The van der Waals surface area contributed by atoms with E-state index in [0.29, 0.717) is 12.6 Å². The van der Waals surface area contributed by atoms with Crippen LogP contribution in [-0.4, -0.2) is 49.1 Å². The Morgan fingerprint density at radius 3 is 2.56 bits per heavy atom. The van der Waals surface area contributed by atoms with Gasteiger partial charge in [0.2, 0.25) is 0 Å². The van der Waals surface area contributed by atoms with Crippen molar-refractivity contribution >= 4 is 11.8 Å². The average Bonchev–Trinajstić information content (AvgIpc) is 2.25. The Balaban J connectivity index is 2.29. The molecule has 1 atom stereocenters. The lowest BCUT2D eigenvalue weighted by Gasteiger charge is -2.26. The SMILES string of the molecule is CCCNC(C)CCN1C(=O)COCC1=O. The van der Waals surface area contributed by atoms with Crippen molar-refractivity contribution in [2.75, 3.05) is 26.3 Å². The van der Waals surface area contributed by atoms with Crippen LogP contribution in [0.25, 0.3) is 0 Å². The summed E-state index contributed by atoms with van der Waals surface area (Å²) in [7, 11) is 0. The first kappa shape index (κ1) is 13.1. The number of nitrogens with zero attached hydrogens (tertiary/aromatic N) is 1. The number of imide groups is 1. The van der Waals surface area contributed by atoms with E-state index in [-0.39, 0.29) is 25.0 Å². The molecule has 1 rings (SSSR count). The van der Waals surface area contributed by atoms with Gasteiger partial charge in [-0.1, -0.05) is 6.92 Å². The fourth-order valence-corrected chi connectivity index (χ4v) is 1.59. The Labute approximate surface area is 96.1 Å². The first-order valence-electron chi connectivity index (χ1n) is 5.79. The number of ether oxygens (including phenoxy) is 1. The fourth-order valence-electron chi connectivity index (χ4n) is 1.59. The highest BCUT2D eigenvalue weighted by molar-refractivity contribution is 5.98. The fraction of sp³-hybridized carbons (Fsp3) is 0.818. The first-order valence-corrected chi connectivity index (χ1v) is 5.79. The predicted octanol–water partition coefficient (Wildman–Crippen LogP) is 0.150. The van der Waals surface area contributed by atoms with Crippen LogP contribution in [0.3, 0.4) is 0 Å². The molecular weight excluding hydrogens is 208 g/mol.